The van der Waals surface area contributed by atoms with E-state index >= 15 is 0 Å². The molecule has 0 aliphatic carbocycles. The van der Waals surface area contributed by atoms with Crippen LogP contribution in [0.15, 0.2) is 36.5 Å². The Morgan fingerprint density at radius 3 is 1.77 bits per heavy atom. The first-order valence-electron chi connectivity index (χ1n) is 21.3. The molecule has 0 heterocycles. The average Bonchev–Trinajstić information content (AvgIpc) is 3.10. The second-order valence-electron chi connectivity index (χ2n) is 15.7. The lowest BCUT2D eigenvalue weighted by molar-refractivity contribution is -0.870. The molecule has 0 aromatic heterocycles. The molecule has 9 nitrogen and oxygen atoms in total. The summed E-state index contributed by atoms with van der Waals surface area (Å²) in [6, 6.07) is -0.931. The summed E-state index contributed by atoms with van der Waals surface area (Å²) in [5, 5.41) is 13.7. The number of nitrogens with one attached hydrogen (secondary N) is 1. The van der Waals surface area contributed by atoms with E-state index in [0.717, 1.165) is 51.4 Å². The fourth-order valence-electron chi connectivity index (χ4n) is 5.84. The zero-order valence-electron chi connectivity index (χ0n) is 34.7. The van der Waals surface area contributed by atoms with Crippen molar-refractivity contribution in [2.24, 2.45) is 0 Å². The van der Waals surface area contributed by atoms with Crippen molar-refractivity contribution < 1.29 is 37.7 Å². The fraction of sp³-hybridized carbons (Fsp3) is 0.814. The Morgan fingerprint density at radius 2 is 1.19 bits per heavy atom. The Labute approximate surface area is 325 Å². The molecule has 1 unspecified atom stereocenters. The molecule has 0 aromatic rings. The summed E-state index contributed by atoms with van der Waals surface area (Å²) in [7, 11) is 1.18. The summed E-state index contributed by atoms with van der Waals surface area (Å²) in [6.45, 7) is 4.47. The second-order valence-corrected chi connectivity index (χ2v) is 17.1. The number of unbranched alkanes of at least 4 members (excludes halogenated alkanes) is 20. The number of allylic oxidation sites excluding steroid dienone is 5. The van der Waals surface area contributed by atoms with E-state index in [2.05, 4.69) is 25.2 Å². The molecule has 10 heteroatoms. The highest BCUT2D eigenvalue weighted by Gasteiger charge is 2.23. The number of rotatable bonds is 38. The number of carbonyl (C=O) groups is 2. The zero-order valence-corrected chi connectivity index (χ0v) is 35.6. The molecule has 0 saturated carbocycles. The highest BCUT2D eigenvalue weighted by molar-refractivity contribution is 7.45. The maximum Gasteiger partial charge on any atom is 0.268 e. The second kappa shape index (κ2) is 34.8. The average molecular weight is 769 g/mol. The van der Waals surface area contributed by atoms with Gasteiger partial charge in [-0.3, -0.25) is 14.2 Å². The van der Waals surface area contributed by atoms with Crippen molar-refractivity contribution >= 4 is 19.5 Å². The lowest BCUT2D eigenvalue weighted by atomic mass is 10.0. The molecule has 0 saturated heterocycles. The number of quaternary nitrogens is 1. The number of likely N-dealkylation sites (N-methyl/N-ethyl adjacent to an activating group) is 1. The van der Waals surface area contributed by atoms with E-state index in [9.17, 15) is 24.2 Å². The lowest BCUT2D eigenvalue weighted by Gasteiger charge is -2.29. The molecular formula is C43H81N2O7P. The van der Waals surface area contributed by atoms with Crippen LogP contribution in [-0.2, 0) is 23.2 Å². The topological polar surface area (TPSA) is 125 Å². The number of hydrogen-bond donors (Lipinski definition) is 2. The number of ketones is 1. The van der Waals surface area contributed by atoms with Crippen molar-refractivity contribution in [3.63, 3.8) is 0 Å². The summed E-state index contributed by atoms with van der Waals surface area (Å²) in [4.78, 5) is 37.3. The summed E-state index contributed by atoms with van der Waals surface area (Å²) < 4.78 is 23.1. The Balaban J connectivity index is 4.57. The van der Waals surface area contributed by atoms with Gasteiger partial charge >= 0.3 is 0 Å². The van der Waals surface area contributed by atoms with Crippen molar-refractivity contribution in [2.45, 2.75) is 187 Å². The van der Waals surface area contributed by atoms with Gasteiger partial charge in [-0.15, -0.1) is 0 Å². The largest absolute Gasteiger partial charge is 0.756 e. The van der Waals surface area contributed by atoms with Crippen LogP contribution in [0.1, 0.15) is 174 Å². The number of nitrogens with zero attached hydrogens (tertiary/aromatic N) is 1. The molecule has 0 bridgehead atoms. The molecule has 0 aliphatic rings. The first kappa shape index (κ1) is 51.4. The SMILES string of the molecule is CCCCC/C=C\C=C\C(=O)CCCCCCCC(=O)N[C@@H](COP(=O)([O-])OCC[N+](C)(C)C)[C@H](O)/C=C/CCCCCCCCCCCCCCC. The van der Waals surface area contributed by atoms with Gasteiger partial charge in [0.05, 0.1) is 39.9 Å². The van der Waals surface area contributed by atoms with Crippen molar-refractivity contribution in [1.82, 2.24) is 5.32 Å². The minimum Gasteiger partial charge on any atom is -0.756 e. The lowest BCUT2D eigenvalue weighted by Crippen LogP contribution is -2.45. The standard InChI is InChI=1S/C43H81N2O7P/c1-6-8-10-12-14-15-16-17-18-19-20-21-23-27-31-35-42(47)41(39-52-53(49,50)51-38-37-45(3,4)5)44-43(48)36-32-28-24-26-30-34-40(46)33-29-25-22-13-11-9-7-2/h22,25,29,31,33,35,41-42,47H,6-21,23-24,26-28,30,32,34,36-39H2,1-5H3,(H-,44,48,49,50)/b25-22-,33-29+,35-31+/t41-,42+/m0/s1. The Bertz CT molecular complexity index is 1020. The minimum absolute atomic E-state index is 0.0235. The van der Waals surface area contributed by atoms with Crippen LogP contribution in [0.5, 0.6) is 0 Å². The predicted octanol–water partition coefficient (Wildman–Crippen LogP) is 10.1. The monoisotopic (exact) mass is 769 g/mol. The smallest absolute Gasteiger partial charge is 0.268 e. The van der Waals surface area contributed by atoms with Gasteiger partial charge in [-0.05, 0) is 44.6 Å². The van der Waals surface area contributed by atoms with Gasteiger partial charge in [0.15, 0.2) is 5.78 Å². The summed E-state index contributed by atoms with van der Waals surface area (Å²) in [5.74, 6) is -0.133. The normalized spacial score (nSPS) is 14.7. The predicted molar refractivity (Wildman–Crippen MR) is 220 cm³/mol. The number of amides is 1. The van der Waals surface area contributed by atoms with Crippen molar-refractivity contribution in [2.75, 3.05) is 40.9 Å². The number of aliphatic hydroxyl groups is 1. The third-order valence-corrected chi connectivity index (χ3v) is 10.3. The number of hydrogen-bond acceptors (Lipinski definition) is 7. The van der Waals surface area contributed by atoms with E-state index in [1.54, 1.807) is 12.2 Å². The molecule has 0 rings (SSSR count). The molecule has 53 heavy (non-hydrogen) atoms. The van der Waals surface area contributed by atoms with Gasteiger partial charge < -0.3 is 28.8 Å². The molecule has 310 valence electrons. The molecule has 1 amide bonds. The maximum atomic E-state index is 12.8. The van der Waals surface area contributed by atoms with Gasteiger partial charge in [0.1, 0.15) is 13.2 Å². The quantitative estimate of drug-likeness (QED) is 0.0160. The fourth-order valence-corrected chi connectivity index (χ4v) is 6.56. The van der Waals surface area contributed by atoms with Gasteiger partial charge in [0.25, 0.3) is 7.82 Å². The minimum atomic E-state index is -4.61. The Kier molecular flexibility index (Phi) is 33.8. The van der Waals surface area contributed by atoms with Crippen LogP contribution in [-0.4, -0.2) is 74.3 Å². The van der Waals surface area contributed by atoms with E-state index in [1.807, 2.05) is 39.4 Å². The molecule has 0 fully saturated rings. The maximum absolute atomic E-state index is 12.8. The molecule has 0 aromatic carbocycles. The Morgan fingerprint density at radius 1 is 0.698 bits per heavy atom. The number of phosphoric acid groups is 1. The van der Waals surface area contributed by atoms with E-state index < -0.39 is 26.6 Å². The van der Waals surface area contributed by atoms with Crippen molar-refractivity contribution in [1.29, 1.82) is 0 Å². The van der Waals surface area contributed by atoms with Crippen LogP contribution in [0.4, 0.5) is 0 Å². The first-order chi connectivity index (χ1) is 25.4. The van der Waals surface area contributed by atoms with E-state index in [-0.39, 0.29) is 24.7 Å². The highest BCUT2D eigenvalue weighted by Crippen LogP contribution is 2.38. The van der Waals surface area contributed by atoms with Crippen molar-refractivity contribution in [3.05, 3.63) is 36.5 Å². The Hall–Kier alpha value is -1.61. The molecular weight excluding hydrogens is 687 g/mol. The highest BCUT2D eigenvalue weighted by atomic mass is 31.2. The van der Waals surface area contributed by atoms with Gasteiger partial charge in [0.2, 0.25) is 5.91 Å². The van der Waals surface area contributed by atoms with Gasteiger partial charge in [-0.1, -0.05) is 153 Å². The summed E-state index contributed by atoms with van der Waals surface area (Å²) >= 11 is 0. The molecule has 0 radical (unpaired) electrons. The van der Waals surface area contributed by atoms with Crippen LogP contribution in [0.2, 0.25) is 0 Å². The van der Waals surface area contributed by atoms with Crippen LogP contribution < -0.4 is 10.2 Å². The van der Waals surface area contributed by atoms with E-state index in [4.69, 9.17) is 9.05 Å². The third-order valence-electron chi connectivity index (χ3n) is 9.32. The van der Waals surface area contributed by atoms with Crippen LogP contribution in [0.25, 0.3) is 0 Å². The third kappa shape index (κ3) is 37.1. The van der Waals surface area contributed by atoms with Crippen LogP contribution in [0.3, 0.4) is 0 Å². The number of aliphatic hydroxyl groups excluding tert-OH is 1. The van der Waals surface area contributed by atoms with Crippen LogP contribution in [0, 0.1) is 0 Å². The number of carbonyl (C=O) groups excluding carboxylic acids is 2. The van der Waals surface area contributed by atoms with Gasteiger partial charge in [-0.25, -0.2) is 0 Å². The van der Waals surface area contributed by atoms with Gasteiger partial charge in [0, 0.05) is 12.8 Å². The first-order valence-corrected chi connectivity index (χ1v) is 22.8. The molecule has 0 aliphatic heterocycles. The van der Waals surface area contributed by atoms with Crippen LogP contribution >= 0.6 is 7.82 Å². The zero-order chi connectivity index (χ0) is 39.5. The van der Waals surface area contributed by atoms with Crippen molar-refractivity contribution in [3.8, 4) is 0 Å². The summed E-state index contributed by atoms with van der Waals surface area (Å²) in [6.07, 6.45) is 37.1. The summed E-state index contributed by atoms with van der Waals surface area (Å²) in [5.41, 5.74) is 0. The molecule has 2 N–H and O–H groups in total. The van der Waals surface area contributed by atoms with Gasteiger partial charge in [-0.2, -0.15) is 0 Å². The van der Waals surface area contributed by atoms with E-state index in [0.29, 0.717) is 23.9 Å². The van der Waals surface area contributed by atoms with E-state index in [1.165, 1.54) is 89.9 Å². The molecule has 0 spiro atoms. The molecule has 3 atom stereocenters. The number of phosphoric ester groups is 1.